The third-order valence-electron chi connectivity index (χ3n) is 6.19. The van der Waals surface area contributed by atoms with Crippen LogP contribution in [0.25, 0.3) is 6.08 Å². The Hall–Kier alpha value is -4.57. The Balaban J connectivity index is 1.40. The van der Waals surface area contributed by atoms with E-state index < -0.39 is 23.6 Å². The number of amides is 4. The van der Waals surface area contributed by atoms with Gasteiger partial charge in [-0.25, -0.2) is 0 Å². The molecule has 3 aromatic rings. The van der Waals surface area contributed by atoms with Crippen molar-refractivity contribution in [1.82, 2.24) is 4.90 Å². The zero-order chi connectivity index (χ0) is 29.5. The van der Waals surface area contributed by atoms with E-state index in [0.717, 1.165) is 33.4 Å². The van der Waals surface area contributed by atoms with Gasteiger partial charge in [0, 0.05) is 11.4 Å². The lowest BCUT2D eigenvalue weighted by Gasteiger charge is -2.13. The summed E-state index contributed by atoms with van der Waals surface area (Å²) in [4.78, 5) is 51.6. The highest BCUT2D eigenvalue weighted by molar-refractivity contribution is 8.18. The molecule has 2 N–H and O–H groups in total. The third-order valence-corrected chi connectivity index (χ3v) is 7.10. The Kier molecular flexibility index (Phi) is 9.46. The summed E-state index contributed by atoms with van der Waals surface area (Å²) in [5, 5.41) is 5.00. The molecule has 1 fully saturated rings. The first-order chi connectivity index (χ1) is 19.6. The minimum Gasteiger partial charge on any atom is -0.490 e. The molecule has 0 unspecified atom stereocenters. The molecule has 1 saturated heterocycles. The number of hydrogen-bond acceptors (Lipinski definition) is 7. The van der Waals surface area contributed by atoms with Gasteiger partial charge < -0.3 is 20.1 Å². The first-order valence-corrected chi connectivity index (χ1v) is 13.8. The standard InChI is InChI=1S/C31H31N3O6S/c1-5-39-26-15-22(10-12-25(26)40-18-29(36)33-23-8-6-7-19(2)13-23)16-27-30(37)34(31(38)41-27)17-28(35)32-24-11-9-20(3)21(4)14-24/h6-16H,5,17-18H2,1-4H3,(H,32,35)(H,33,36)/b27-16+. The van der Waals surface area contributed by atoms with Crippen LogP contribution in [0, 0.1) is 20.8 Å². The summed E-state index contributed by atoms with van der Waals surface area (Å²) in [6.07, 6.45) is 1.56. The lowest BCUT2D eigenvalue weighted by Crippen LogP contribution is -2.36. The molecule has 212 valence electrons. The Morgan fingerprint density at radius 3 is 2.34 bits per heavy atom. The topological polar surface area (TPSA) is 114 Å². The van der Waals surface area contributed by atoms with Gasteiger partial charge in [0.2, 0.25) is 5.91 Å². The van der Waals surface area contributed by atoms with Crippen LogP contribution in [0.2, 0.25) is 0 Å². The van der Waals surface area contributed by atoms with Gasteiger partial charge in [-0.05, 0) is 104 Å². The maximum absolute atomic E-state index is 13.0. The van der Waals surface area contributed by atoms with E-state index in [9.17, 15) is 19.2 Å². The van der Waals surface area contributed by atoms with Gasteiger partial charge in [0.15, 0.2) is 18.1 Å². The number of carbonyl (C=O) groups is 4. The fourth-order valence-electron chi connectivity index (χ4n) is 4.02. The van der Waals surface area contributed by atoms with Crippen LogP contribution in [0.4, 0.5) is 16.2 Å². The van der Waals surface area contributed by atoms with Crippen molar-refractivity contribution in [2.75, 3.05) is 30.4 Å². The normalized spacial score (nSPS) is 13.9. The summed E-state index contributed by atoms with van der Waals surface area (Å²) in [7, 11) is 0. The molecule has 0 spiro atoms. The van der Waals surface area contributed by atoms with Crippen molar-refractivity contribution in [3.05, 3.63) is 87.8 Å². The minimum absolute atomic E-state index is 0.183. The Labute approximate surface area is 242 Å². The first-order valence-electron chi connectivity index (χ1n) is 13.0. The molecule has 0 bridgehead atoms. The summed E-state index contributed by atoms with van der Waals surface area (Å²) in [5.41, 5.74) is 5.00. The molecule has 3 aromatic carbocycles. The molecule has 4 amide bonds. The quantitative estimate of drug-likeness (QED) is 0.299. The van der Waals surface area contributed by atoms with Crippen LogP contribution in [0.1, 0.15) is 29.2 Å². The number of nitrogens with zero attached hydrogens (tertiary/aromatic N) is 1. The van der Waals surface area contributed by atoms with E-state index in [4.69, 9.17) is 9.47 Å². The van der Waals surface area contributed by atoms with Crippen LogP contribution < -0.4 is 20.1 Å². The van der Waals surface area contributed by atoms with E-state index in [1.54, 1.807) is 36.4 Å². The first kappa shape index (κ1) is 29.4. The molecule has 10 heteroatoms. The number of nitrogens with one attached hydrogen (secondary N) is 2. The molecule has 1 aliphatic rings. The Morgan fingerprint density at radius 1 is 0.854 bits per heavy atom. The lowest BCUT2D eigenvalue weighted by atomic mass is 10.1. The number of carbonyl (C=O) groups excluding carboxylic acids is 4. The molecule has 0 aliphatic carbocycles. The second-order valence-electron chi connectivity index (χ2n) is 9.46. The highest BCUT2D eigenvalue weighted by Gasteiger charge is 2.36. The van der Waals surface area contributed by atoms with E-state index in [-0.39, 0.29) is 17.4 Å². The highest BCUT2D eigenvalue weighted by atomic mass is 32.2. The second-order valence-corrected chi connectivity index (χ2v) is 10.5. The van der Waals surface area contributed by atoms with E-state index in [1.165, 1.54) is 0 Å². The largest absolute Gasteiger partial charge is 0.490 e. The van der Waals surface area contributed by atoms with Gasteiger partial charge in [-0.2, -0.15) is 0 Å². The fourth-order valence-corrected chi connectivity index (χ4v) is 4.85. The average molecular weight is 574 g/mol. The molecule has 0 atom stereocenters. The van der Waals surface area contributed by atoms with Crippen LogP contribution in [0.3, 0.4) is 0 Å². The van der Waals surface area contributed by atoms with Crippen molar-refractivity contribution >= 4 is 52.2 Å². The number of hydrogen-bond donors (Lipinski definition) is 2. The van der Waals surface area contributed by atoms with Crippen LogP contribution in [-0.4, -0.2) is 47.6 Å². The molecule has 4 rings (SSSR count). The summed E-state index contributed by atoms with van der Waals surface area (Å²) >= 11 is 0.762. The number of benzene rings is 3. The summed E-state index contributed by atoms with van der Waals surface area (Å²) < 4.78 is 11.4. The molecule has 9 nitrogen and oxygen atoms in total. The monoisotopic (exact) mass is 573 g/mol. The molecule has 0 saturated carbocycles. The van der Waals surface area contributed by atoms with Crippen molar-refractivity contribution in [1.29, 1.82) is 0 Å². The predicted molar refractivity (Wildman–Crippen MR) is 160 cm³/mol. The van der Waals surface area contributed by atoms with Gasteiger partial charge >= 0.3 is 0 Å². The van der Waals surface area contributed by atoms with E-state index in [0.29, 0.717) is 35.0 Å². The number of thioether (sulfide) groups is 1. The Morgan fingerprint density at radius 2 is 1.61 bits per heavy atom. The van der Waals surface area contributed by atoms with Gasteiger partial charge in [-0.15, -0.1) is 0 Å². The number of ether oxygens (including phenoxy) is 2. The van der Waals surface area contributed by atoms with E-state index in [2.05, 4.69) is 10.6 Å². The number of anilines is 2. The number of aryl methyl sites for hydroxylation is 3. The lowest BCUT2D eigenvalue weighted by molar-refractivity contribution is -0.127. The smallest absolute Gasteiger partial charge is 0.294 e. The van der Waals surface area contributed by atoms with Crippen LogP contribution in [-0.2, 0) is 14.4 Å². The molecule has 1 aliphatic heterocycles. The SMILES string of the molecule is CCOc1cc(/C=C2/SC(=O)N(CC(=O)Nc3ccc(C)c(C)c3)C2=O)ccc1OCC(=O)Nc1cccc(C)c1. The zero-order valence-electron chi connectivity index (χ0n) is 23.3. The highest BCUT2D eigenvalue weighted by Crippen LogP contribution is 2.34. The van der Waals surface area contributed by atoms with Gasteiger partial charge in [-0.1, -0.05) is 24.3 Å². The molecular formula is C31H31N3O6S. The Bertz CT molecular complexity index is 1530. The summed E-state index contributed by atoms with van der Waals surface area (Å²) in [5.74, 6) is -0.599. The van der Waals surface area contributed by atoms with Crippen molar-refractivity contribution in [2.24, 2.45) is 0 Å². The summed E-state index contributed by atoms with van der Waals surface area (Å²) in [6.45, 7) is 7.39. The molecule has 41 heavy (non-hydrogen) atoms. The van der Waals surface area contributed by atoms with Crippen molar-refractivity contribution in [3.63, 3.8) is 0 Å². The van der Waals surface area contributed by atoms with Crippen LogP contribution >= 0.6 is 11.8 Å². The second kappa shape index (κ2) is 13.2. The maximum Gasteiger partial charge on any atom is 0.294 e. The molecule has 0 radical (unpaired) electrons. The van der Waals surface area contributed by atoms with Crippen molar-refractivity contribution in [2.45, 2.75) is 27.7 Å². The summed E-state index contributed by atoms with van der Waals surface area (Å²) in [6, 6.07) is 17.9. The van der Waals surface area contributed by atoms with Gasteiger partial charge in [0.25, 0.3) is 17.1 Å². The minimum atomic E-state index is -0.554. The van der Waals surface area contributed by atoms with Crippen molar-refractivity contribution in [3.8, 4) is 11.5 Å². The maximum atomic E-state index is 13.0. The number of rotatable bonds is 10. The van der Waals surface area contributed by atoms with E-state index >= 15 is 0 Å². The van der Waals surface area contributed by atoms with E-state index in [1.807, 2.05) is 58.0 Å². The molecule has 0 aromatic heterocycles. The number of imide groups is 1. The molecule has 1 heterocycles. The van der Waals surface area contributed by atoms with Gasteiger partial charge in [-0.3, -0.25) is 24.1 Å². The zero-order valence-corrected chi connectivity index (χ0v) is 24.1. The van der Waals surface area contributed by atoms with Crippen molar-refractivity contribution < 1.29 is 28.7 Å². The van der Waals surface area contributed by atoms with Crippen LogP contribution in [0.15, 0.2) is 65.6 Å². The molecular weight excluding hydrogens is 542 g/mol. The van der Waals surface area contributed by atoms with Crippen LogP contribution in [0.5, 0.6) is 11.5 Å². The van der Waals surface area contributed by atoms with Gasteiger partial charge in [0.05, 0.1) is 11.5 Å². The average Bonchev–Trinajstić information content (AvgIpc) is 3.17. The fraction of sp³-hybridized carbons (Fsp3) is 0.226. The predicted octanol–water partition coefficient (Wildman–Crippen LogP) is 5.70. The third kappa shape index (κ3) is 7.76. The van der Waals surface area contributed by atoms with Gasteiger partial charge in [0.1, 0.15) is 6.54 Å².